The van der Waals surface area contributed by atoms with Gasteiger partial charge in [0.25, 0.3) is 7.28 Å². The van der Waals surface area contributed by atoms with Crippen molar-refractivity contribution in [3.05, 3.63) is 24.5 Å². The number of hydrogen-bond acceptors (Lipinski definition) is 1. The van der Waals surface area contributed by atoms with Crippen LogP contribution in [0.2, 0.25) is 0 Å². The van der Waals surface area contributed by atoms with Crippen LogP contribution in [0.3, 0.4) is 0 Å². The van der Waals surface area contributed by atoms with Crippen LogP contribution in [0.1, 0.15) is 0 Å². The predicted octanol–water partition coefficient (Wildman–Crippen LogP) is 0.931. The van der Waals surface area contributed by atoms with E-state index in [1.54, 1.807) is 0 Å². The minimum atomic E-state index is -4.26. The lowest BCUT2D eigenvalue weighted by Crippen LogP contribution is -2.30. The van der Waals surface area contributed by atoms with Crippen LogP contribution < -0.4 is 5.46 Å². The molecular weight excluding hydrogens is 154 g/mol. The largest absolute Gasteiger partial charge is 0.344 e. The summed E-state index contributed by atoms with van der Waals surface area (Å²) in [5, 5.41) is 0. The van der Waals surface area contributed by atoms with E-state index >= 15 is 0 Å². The third kappa shape index (κ3) is 3.07. The summed E-state index contributed by atoms with van der Waals surface area (Å²) in [5.41, 5.74) is 0.0694. The maximum atomic E-state index is 11.7. The predicted molar refractivity (Wildman–Crippen MR) is 35.7 cm³/mol. The fourth-order valence-electron chi connectivity index (χ4n) is 0.650. The first kappa shape index (κ1) is 8.10. The molecule has 0 bridgehead atoms. The van der Waals surface area contributed by atoms with E-state index in [1.165, 1.54) is 18.3 Å². The molecule has 57 valence electrons. The molecule has 0 unspecified atom stereocenters. The third-order valence-corrected chi connectivity index (χ3v) is 1.01. The summed E-state index contributed by atoms with van der Waals surface area (Å²) in [6, 6.07) is 2.80. The summed E-state index contributed by atoms with van der Waals surface area (Å²) in [4.78, 5) is 3.54. The van der Waals surface area contributed by atoms with Gasteiger partial charge in [0.1, 0.15) is 0 Å². The van der Waals surface area contributed by atoms with E-state index in [0.29, 0.717) is 0 Å². The van der Waals surface area contributed by atoms with Gasteiger partial charge in [-0.2, -0.15) is 13.2 Å². The van der Waals surface area contributed by atoms with Gasteiger partial charge in [-0.3, -0.25) is 4.98 Å². The minimum Gasteiger partial charge on any atom is -0.265 e. The molecule has 1 rings (SSSR count). The fourth-order valence-corrected chi connectivity index (χ4v) is 0.650. The van der Waals surface area contributed by atoms with Gasteiger partial charge in [0.15, 0.2) is 0 Å². The van der Waals surface area contributed by atoms with Crippen molar-refractivity contribution in [1.82, 2.24) is 4.98 Å². The van der Waals surface area contributed by atoms with Crippen LogP contribution >= 0.6 is 0 Å². The molecule has 0 spiro atoms. The van der Waals surface area contributed by atoms with E-state index in [2.05, 4.69) is 4.98 Å². The van der Waals surface area contributed by atoms with Crippen LogP contribution in [0.4, 0.5) is 13.2 Å². The molecule has 0 saturated heterocycles. The van der Waals surface area contributed by atoms with Crippen LogP contribution in [-0.4, -0.2) is 18.3 Å². The Labute approximate surface area is 62.5 Å². The molecular formula is C6H4BF3N. The van der Waals surface area contributed by atoms with Gasteiger partial charge in [-0.05, 0) is 6.07 Å². The molecule has 0 saturated carbocycles. The molecule has 1 aromatic rings. The summed E-state index contributed by atoms with van der Waals surface area (Å²) < 4.78 is 35.0. The Kier molecular flexibility index (Phi) is 2.17. The summed E-state index contributed by atoms with van der Waals surface area (Å²) in [7, 11) is 0.208. The second kappa shape index (κ2) is 2.94. The van der Waals surface area contributed by atoms with E-state index in [-0.39, 0.29) is 12.7 Å². The highest BCUT2D eigenvalue weighted by Gasteiger charge is 2.29. The fraction of sp³-hybridized carbons (Fsp3) is 0.167. The van der Waals surface area contributed by atoms with E-state index < -0.39 is 6.08 Å². The Morgan fingerprint density at radius 3 is 2.55 bits per heavy atom. The lowest BCUT2D eigenvalue weighted by atomic mass is 9.70. The molecule has 0 fully saturated rings. The highest BCUT2D eigenvalue weighted by Crippen LogP contribution is 2.11. The number of pyridine rings is 1. The average Bonchev–Trinajstić information content (AvgIpc) is 1.85. The van der Waals surface area contributed by atoms with Crippen LogP contribution in [-0.2, 0) is 0 Å². The van der Waals surface area contributed by atoms with Crippen molar-refractivity contribution < 1.29 is 13.2 Å². The summed E-state index contributed by atoms with van der Waals surface area (Å²) in [6.45, 7) is 0. The smallest absolute Gasteiger partial charge is 0.265 e. The molecule has 0 aromatic carbocycles. The molecule has 0 atom stereocenters. The number of nitrogens with zero attached hydrogens (tertiary/aromatic N) is 1. The first-order valence-electron chi connectivity index (χ1n) is 2.90. The lowest BCUT2D eigenvalue weighted by molar-refractivity contribution is -0.0455. The van der Waals surface area contributed by atoms with Crippen molar-refractivity contribution >= 4 is 12.7 Å². The quantitative estimate of drug-likeness (QED) is 0.554. The number of alkyl halides is 3. The Morgan fingerprint density at radius 1 is 1.36 bits per heavy atom. The second-order valence-electron chi connectivity index (χ2n) is 1.97. The number of aromatic nitrogens is 1. The molecule has 1 aromatic heterocycles. The molecule has 1 radical (unpaired) electrons. The first-order chi connectivity index (χ1) is 5.08. The van der Waals surface area contributed by atoms with Gasteiger partial charge in [-0.25, -0.2) is 0 Å². The molecule has 0 aliphatic rings. The standard InChI is InChI=1S/C6H4BF3N/c8-6(9,10)7-5-2-1-3-11-4-5/h1-4H. The highest BCUT2D eigenvalue weighted by atomic mass is 19.4. The number of rotatable bonds is 1. The Morgan fingerprint density at radius 2 is 2.09 bits per heavy atom. The van der Waals surface area contributed by atoms with Gasteiger partial charge >= 0.3 is 6.08 Å². The highest BCUT2D eigenvalue weighted by molar-refractivity contribution is 6.55. The molecule has 1 heterocycles. The van der Waals surface area contributed by atoms with Crippen LogP contribution in [0.5, 0.6) is 0 Å². The molecule has 0 aliphatic carbocycles. The van der Waals surface area contributed by atoms with Crippen molar-refractivity contribution in [2.24, 2.45) is 0 Å². The molecule has 0 N–H and O–H groups in total. The van der Waals surface area contributed by atoms with Crippen molar-refractivity contribution in [2.75, 3.05) is 0 Å². The first-order valence-corrected chi connectivity index (χ1v) is 2.90. The van der Waals surface area contributed by atoms with Gasteiger partial charge in [-0.15, -0.1) is 0 Å². The Balaban J connectivity index is 2.66. The van der Waals surface area contributed by atoms with Crippen molar-refractivity contribution in [3.8, 4) is 0 Å². The van der Waals surface area contributed by atoms with Crippen molar-refractivity contribution in [3.63, 3.8) is 0 Å². The second-order valence-corrected chi connectivity index (χ2v) is 1.97. The van der Waals surface area contributed by atoms with Crippen molar-refractivity contribution in [1.29, 1.82) is 0 Å². The van der Waals surface area contributed by atoms with E-state index in [4.69, 9.17) is 0 Å². The summed E-state index contributed by atoms with van der Waals surface area (Å²) in [6.07, 6.45) is -1.68. The van der Waals surface area contributed by atoms with E-state index in [0.717, 1.165) is 6.20 Å². The molecule has 11 heavy (non-hydrogen) atoms. The van der Waals surface area contributed by atoms with Gasteiger partial charge in [0.05, 0.1) is 0 Å². The molecule has 5 heteroatoms. The maximum Gasteiger partial charge on any atom is 0.344 e. The monoisotopic (exact) mass is 158 g/mol. The van der Waals surface area contributed by atoms with E-state index in [9.17, 15) is 13.2 Å². The number of halogens is 3. The summed E-state index contributed by atoms with van der Waals surface area (Å²) in [5.74, 6) is 0. The molecule has 1 nitrogen and oxygen atoms in total. The van der Waals surface area contributed by atoms with Gasteiger partial charge < -0.3 is 0 Å². The maximum absolute atomic E-state index is 11.7. The number of hydrogen-bond donors (Lipinski definition) is 0. The SMILES string of the molecule is FC(F)(F)[B]c1cccnc1. The van der Waals surface area contributed by atoms with Crippen LogP contribution in [0, 0.1) is 0 Å². The zero-order valence-electron chi connectivity index (χ0n) is 5.47. The van der Waals surface area contributed by atoms with Gasteiger partial charge in [-0.1, -0.05) is 11.5 Å². The van der Waals surface area contributed by atoms with Crippen LogP contribution in [0.25, 0.3) is 0 Å². The van der Waals surface area contributed by atoms with Gasteiger partial charge in [0.2, 0.25) is 0 Å². The zero-order valence-corrected chi connectivity index (χ0v) is 5.47. The third-order valence-electron chi connectivity index (χ3n) is 1.01. The van der Waals surface area contributed by atoms with E-state index in [1.807, 2.05) is 0 Å². The lowest BCUT2D eigenvalue weighted by Gasteiger charge is -2.02. The van der Waals surface area contributed by atoms with Crippen LogP contribution in [0.15, 0.2) is 24.5 Å². The molecule has 0 aliphatic heterocycles. The summed E-state index contributed by atoms with van der Waals surface area (Å²) >= 11 is 0. The molecule has 0 amide bonds. The Hall–Kier alpha value is -0.995. The van der Waals surface area contributed by atoms with Crippen molar-refractivity contribution in [2.45, 2.75) is 6.08 Å². The van der Waals surface area contributed by atoms with Gasteiger partial charge in [0, 0.05) is 12.4 Å². The minimum absolute atomic E-state index is 0.0694. The topological polar surface area (TPSA) is 12.9 Å². The average molecular weight is 158 g/mol. The zero-order chi connectivity index (χ0) is 8.32. The Bertz CT molecular complexity index is 221. The normalized spacial score (nSPS) is 11.2.